The van der Waals surface area contributed by atoms with E-state index in [0.29, 0.717) is 21.6 Å². The van der Waals surface area contributed by atoms with Crippen molar-refractivity contribution >= 4 is 29.8 Å². The van der Waals surface area contributed by atoms with Gasteiger partial charge in [0.2, 0.25) is 6.23 Å². The molecule has 2 aromatic rings. The van der Waals surface area contributed by atoms with Gasteiger partial charge >= 0.3 is 6.03 Å². The second kappa shape index (κ2) is 5.63. The van der Waals surface area contributed by atoms with Gasteiger partial charge in [-0.25, -0.2) is 4.79 Å². The Kier molecular flexibility index (Phi) is 3.66. The Bertz CT molecular complexity index is 754. The summed E-state index contributed by atoms with van der Waals surface area (Å²) in [6.07, 6.45) is -0.393. The molecule has 2 N–H and O–H groups in total. The van der Waals surface area contributed by atoms with E-state index in [1.165, 1.54) is 6.21 Å². The van der Waals surface area contributed by atoms with Gasteiger partial charge in [-0.05, 0) is 36.4 Å². The summed E-state index contributed by atoms with van der Waals surface area (Å²) in [5.74, 6) is 0.147. The summed E-state index contributed by atoms with van der Waals surface area (Å²) >= 11 is 5.82. The van der Waals surface area contributed by atoms with Crippen LogP contribution in [-0.4, -0.2) is 34.5 Å². The molecule has 0 aliphatic carbocycles. The van der Waals surface area contributed by atoms with E-state index in [0.717, 1.165) is 5.56 Å². The maximum absolute atomic E-state index is 11.4. The summed E-state index contributed by atoms with van der Waals surface area (Å²) in [4.78, 5) is 22.4. The number of aliphatic hydroxyl groups excluding tert-OH is 1. The van der Waals surface area contributed by atoms with Crippen LogP contribution in [0.2, 0.25) is 5.02 Å². The van der Waals surface area contributed by atoms with E-state index in [4.69, 9.17) is 16.0 Å². The molecule has 7 nitrogen and oxygen atoms in total. The second-order valence-corrected chi connectivity index (χ2v) is 4.90. The molecule has 8 heteroatoms. The van der Waals surface area contributed by atoms with Gasteiger partial charge in [0, 0.05) is 10.6 Å². The van der Waals surface area contributed by atoms with Crippen LogP contribution in [0.15, 0.2) is 45.9 Å². The van der Waals surface area contributed by atoms with Gasteiger partial charge in [0.25, 0.3) is 5.91 Å². The molecule has 1 saturated heterocycles. The van der Waals surface area contributed by atoms with E-state index in [-0.39, 0.29) is 0 Å². The normalized spacial score (nSPS) is 18.3. The van der Waals surface area contributed by atoms with E-state index in [1.807, 2.05) is 5.32 Å². The number of nitrogens with zero attached hydrogens (tertiary/aromatic N) is 2. The zero-order chi connectivity index (χ0) is 15.7. The Morgan fingerprint density at radius 1 is 1.23 bits per heavy atom. The quantitative estimate of drug-likeness (QED) is 0.666. The SMILES string of the molecule is O=C1NC(=O)N(/N=C/c2ccc(-c3ccc(Cl)cc3)o2)C1O. The summed E-state index contributed by atoms with van der Waals surface area (Å²) in [5.41, 5.74) is 0.832. The zero-order valence-corrected chi connectivity index (χ0v) is 11.8. The van der Waals surface area contributed by atoms with Crippen molar-refractivity contribution in [2.24, 2.45) is 5.10 Å². The molecule has 1 aliphatic heterocycles. The molecule has 3 amide bonds. The first kappa shape index (κ1) is 14.3. The van der Waals surface area contributed by atoms with Crippen molar-refractivity contribution in [2.45, 2.75) is 6.23 Å². The van der Waals surface area contributed by atoms with Gasteiger partial charge in [0.1, 0.15) is 11.5 Å². The van der Waals surface area contributed by atoms with Crippen LogP contribution in [0.5, 0.6) is 0 Å². The van der Waals surface area contributed by atoms with Crippen molar-refractivity contribution in [1.82, 2.24) is 10.3 Å². The van der Waals surface area contributed by atoms with Gasteiger partial charge < -0.3 is 9.52 Å². The van der Waals surface area contributed by atoms with E-state index < -0.39 is 18.2 Å². The van der Waals surface area contributed by atoms with Crippen LogP contribution in [0.1, 0.15) is 5.76 Å². The van der Waals surface area contributed by atoms with Crippen LogP contribution in [0.25, 0.3) is 11.3 Å². The van der Waals surface area contributed by atoms with Crippen LogP contribution >= 0.6 is 11.6 Å². The summed E-state index contributed by atoms with van der Waals surface area (Å²) in [5, 5.41) is 16.4. The first-order chi connectivity index (χ1) is 10.5. The standard InChI is InChI=1S/C14H10ClN3O4/c15-9-3-1-8(2-4-9)11-6-5-10(22-11)7-16-18-13(20)12(19)17-14(18)21/h1-7,13,20H,(H,17,19,21)/b16-7+. The number of halogens is 1. The van der Waals surface area contributed by atoms with Gasteiger partial charge in [0.05, 0.1) is 6.21 Å². The number of imide groups is 1. The van der Waals surface area contributed by atoms with Crippen LogP contribution in [0.3, 0.4) is 0 Å². The number of urea groups is 1. The lowest BCUT2D eigenvalue weighted by Crippen LogP contribution is -2.30. The minimum absolute atomic E-state index is 0.365. The van der Waals surface area contributed by atoms with Gasteiger partial charge in [-0.2, -0.15) is 10.1 Å². The number of carbonyl (C=O) groups excluding carboxylic acids is 2. The summed E-state index contributed by atoms with van der Waals surface area (Å²) in [6, 6.07) is 9.68. The predicted octanol–water partition coefficient (Wildman–Crippen LogP) is 1.80. The molecule has 0 radical (unpaired) electrons. The number of rotatable bonds is 3. The number of hydrazone groups is 1. The molecule has 22 heavy (non-hydrogen) atoms. The Morgan fingerprint density at radius 3 is 2.59 bits per heavy atom. The molecule has 3 rings (SSSR count). The first-order valence-corrected chi connectivity index (χ1v) is 6.64. The lowest BCUT2D eigenvalue weighted by Gasteiger charge is -2.08. The molecule has 1 unspecified atom stereocenters. The van der Waals surface area contributed by atoms with Crippen molar-refractivity contribution in [3.8, 4) is 11.3 Å². The van der Waals surface area contributed by atoms with Gasteiger partial charge in [-0.3, -0.25) is 10.1 Å². The number of aliphatic hydroxyl groups is 1. The Balaban J connectivity index is 1.77. The molecule has 2 heterocycles. The monoisotopic (exact) mass is 319 g/mol. The molecular formula is C14H10ClN3O4. The first-order valence-electron chi connectivity index (χ1n) is 6.26. The van der Waals surface area contributed by atoms with Crippen molar-refractivity contribution in [3.05, 3.63) is 47.2 Å². The number of hydrogen-bond acceptors (Lipinski definition) is 5. The largest absolute Gasteiger partial charge is 0.455 e. The van der Waals surface area contributed by atoms with E-state index in [9.17, 15) is 14.7 Å². The molecule has 1 fully saturated rings. The predicted molar refractivity (Wildman–Crippen MR) is 78.1 cm³/mol. The smallest absolute Gasteiger partial charge is 0.347 e. The number of nitrogens with one attached hydrogen (secondary N) is 1. The summed E-state index contributed by atoms with van der Waals surface area (Å²) in [6.45, 7) is 0. The van der Waals surface area contributed by atoms with Gasteiger partial charge in [-0.1, -0.05) is 11.6 Å². The lowest BCUT2D eigenvalue weighted by molar-refractivity contribution is -0.130. The minimum atomic E-state index is -1.63. The third-order valence-corrected chi connectivity index (χ3v) is 3.22. The second-order valence-electron chi connectivity index (χ2n) is 4.47. The fourth-order valence-electron chi connectivity index (χ4n) is 1.88. The maximum atomic E-state index is 11.4. The van der Waals surface area contributed by atoms with Crippen LogP contribution in [-0.2, 0) is 4.79 Å². The molecule has 0 saturated carbocycles. The highest BCUT2D eigenvalue weighted by Gasteiger charge is 2.37. The third-order valence-electron chi connectivity index (χ3n) is 2.97. The van der Waals surface area contributed by atoms with E-state index >= 15 is 0 Å². The van der Waals surface area contributed by atoms with Crippen molar-refractivity contribution in [1.29, 1.82) is 0 Å². The number of furan rings is 1. The Morgan fingerprint density at radius 2 is 1.95 bits per heavy atom. The summed E-state index contributed by atoms with van der Waals surface area (Å²) in [7, 11) is 0. The van der Waals surface area contributed by atoms with Crippen LogP contribution < -0.4 is 5.32 Å². The molecule has 1 atom stereocenters. The maximum Gasteiger partial charge on any atom is 0.347 e. The number of amides is 3. The van der Waals surface area contributed by atoms with E-state index in [2.05, 4.69) is 5.10 Å². The third kappa shape index (κ3) is 2.72. The van der Waals surface area contributed by atoms with E-state index in [1.54, 1.807) is 36.4 Å². The molecular weight excluding hydrogens is 310 g/mol. The Labute approximate surface area is 129 Å². The fourth-order valence-corrected chi connectivity index (χ4v) is 2.00. The Hall–Kier alpha value is -2.64. The molecule has 1 aromatic carbocycles. The highest BCUT2D eigenvalue weighted by atomic mass is 35.5. The van der Waals surface area contributed by atoms with Gasteiger partial charge in [0.15, 0.2) is 0 Å². The highest BCUT2D eigenvalue weighted by molar-refractivity contribution is 6.30. The fraction of sp³-hybridized carbons (Fsp3) is 0.0714. The molecule has 0 bridgehead atoms. The molecule has 1 aliphatic rings. The molecule has 112 valence electrons. The molecule has 1 aromatic heterocycles. The lowest BCUT2D eigenvalue weighted by atomic mass is 10.2. The topological polar surface area (TPSA) is 95.1 Å². The number of benzene rings is 1. The van der Waals surface area contributed by atoms with Crippen LogP contribution in [0, 0.1) is 0 Å². The molecule has 0 spiro atoms. The van der Waals surface area contributed by atoms with Crippen molar-refractivity contribution in [2.75, 3.05) is 0 Å². The highest BCUT2D eigenvalue weighted by Crippen LogP contribution is 2.23. The number of hydrogen-bond donors (Lipinski definition) is 2. The minimum Gasteiger partial charge on any atom is -0.455 e. The van der Waals surface area contributed by atoms with Gasteiger partial charge in [-0.15, -0.1) is 0 Å². The van der Waals surface area contributed by atoms with Crippen LogP contribution in [0.4, 0.5) is 4.79 Å². The zero-order valence-electron chi connectivity index (χ0n) is 11.1. The summed E-state index contributed by atoms with van der Waals surface area (Å²) < 4.78 is 5.55. The average molecular weight is 320 g/mol. The van der Waals surface area contributed by atoms with Crippen molar-refractivity contribution in [3.63, 3.8) is 0 Å². The number of carbonyl (C=O) groups is 2. The van der Waals surface area contributed by atoms with Crippen molar-refractivity contribution < 1.29 is 19.1 Å². The average Bonchev–Trinajstić information content (AvgIpc) is 3.05.